The molecule has 2 N–H and O–H groups in total. The molecule has 0 saturated heterocycles. The number of urea groups is 1. The molecule has 0 aliphatic heterocycles. The van der Waals surface area contributed by atoms with E-state index < -0.39 is 11.3 Å². The molecule has 1 aliphatic carbocycles. The van der Waals surface area contributed by atoms with Gasteiger partial charge in [-0.25, -0.2) is 9.78 Å². The number of hydrogen-bond acceptors (Lipinski definition) is 5. The van der Waals surface area contributed by atoms with Gasteiger partial charge >= 0.3 is 6.03 Å². The summed E-state index contributed by atoms with van der Waals surface area (Å²) in [5, 5.41) is 5.93. The summed E-state index contributed by atoms with van der Waals surface area (Å²) in [6, 6.07) is 5.26. The van der Waals surface area contributed by atoms with Gasteiger partial charge in [-0.05, 0) is 38.0 Å². The van der Waals surface area contributed by atoms with Crippen LogP contribution in [0.25, 0.3) is 11.0 Å². The molecule has 140 valence electrons. The second-order valence-corrected chi connectivity index (χ2v) is 7.91. The molecule has 0 radical (unpaired) electrons. The second kappa shape index (κ2) is 8.28. The van der Waals surface area contributed by atoms with Crippen LogP contribution < -0.4 is 10.6 Å². The SMILES string of the molecule is COCCn1c(SC(C)C(=O)NC(=O)NC2CC2)nc2cc(Cl)ccc21. The second-order valence-electron chi connectivity index (χ2n) is 6.17. The van der Waals surface area contributed by atoms with E-state index in [1.54, 1.807) is 20.1 Å². The minimum absolute atomic E-state index is 0.203. The minimum Gasteiger partial charge on any atom is -0.383 e. The van der Waals surface area contributed by atoms with Crippen molar-refractivity contribution in [3.05, 3.63) is 23.2 Å². The van der Waals surface area contributed by atoms with Gasteiger partial charge in [-0.2, -0.15) is 0 Å². The van der Waals surface area contributed by atoms with Crippen molar-refractivity contribution in [2.75, 3.05) is 13.7 Å². The number of hydrogen-bond donors (Lipinski definition) is 2. The van der Waals surface area contributed by atoms with Crippen LogP contribution in [0.4, 0.5) is 4.79 Å². The number of imidazole rings is 1. The van der Waals surface area contributed by atoms with Gasteiger partial charge in [0.1, 0.15) is 0 Å². The van der Waals surface area contributed by atoms with Gasteiger partial charge in [0.25, 0.3) is 0 Å². The molecule has 1 fully saturated rings. The van der Waals surface area contributed by atoms with Gasteiger partial charge in [-0.3, -0.25) is 10.1 Å². The molecule has 26 heavy (non-hydrogen) atoms. The van der Waals surface area contributed by atoms with Crippen LogP contribution in [0, 0.1) is 0 Å². The predicted octanol–water partition coefficient (Wildman–Crippen LogP) is 2.80. The quantitative estimate of drug-likeness (QED) is 0.703. The molecule has 1 aromatic heterocycles. The summed E-state index contributed by atoms with van der Waals surface area (Å²) in [6.07, 6.45) is 1.94. The molecule has 3 amide bonds. The van der Waals surface area contributed by atoms with Crippen LogP contribution in [-0.2, 0) is 16.1 Å². The van der Waals surface area contributed by atoms with Crippen LogP contribution in [0.2, 0.25) is 5.02 Å². The maximum absolute atomic E-state index is 12.3. The Morgan fingerprint density at radius 2 is 2.23 bits per heavy atom. The highest BCUT2D eigenvalue weighted by Gasteiger charge is 2.26. The molecule has 2 aromatic rings. The Balaban J connectivity index is 1.73. The number of carbonyl (C=O) groups excluding carboxylic acids is 2. The Bertz CT molecular complexity index is 822. The van der Waals surface area contributed by atoms with Crippen molar-refractivity contribution in [2.24, 2.45) is 0 Å². The summed E-state index contributed by atoms with van der Waals surface area (Å²) in [7, 11) is 1.64. The third kappa shape index (κ3) is 4.69. The number of carbonyl (C=O) groups is 2. The molecule has 1 heterocycles. The Morgan fingerprint density at radius 1 is 1.46 bits per heavy atom. The molecule has 3 rings (SSSR count). The number of ether oxygens (including phenoxy) is 1. The molecule has 1 atom stereocenters. The van der Waals surface area contributed by atoms with Crippen LogP contribution >= 0.6 is 23.4 Å². The topological polar surface area (TPSA) is 85.2 Å². The van der Waals surface area contributed by atoms with Gasteiger partial charge in [-0.1, -0.05) is 23.4 Å². The highest BCUT2D eigenvalue weighted by molar-refractivity contribution is 8.00. The molecule has 9 heteroatoms. The van der Waals surface area contributed by atoms with Crippen molar-refractivity contribution < 1.29 is 14.3 Å². The first-order chi connectivity index (χ1) is 12.5. The number of fused-ring (bicyclic) bond motifs is 1. The number of halogens is 1. The van der Waals surface area contributed by atoms with Crippen LogP contribution in [0.3, 0.4) is 0 Å². The Morgan fingerprint density at radius 3 is 2.92 bits per heavy atom. The van der Waals surface area contributed by atoms with Gasteiger partial charge in [0.15, 0.2) is 5.16 Å². The van der Waals surface area contributed by atoms with E-state index in [-0.39, 0.29) is 11.9 Å². The zero-order valence-electron chi connectivity index (χ0n) is 14.6. The number of rotatable bonds is 7. The van der Waals surface area contributed by atoms with Crippen LogP contribution in [0.5, 0.6) is 0 Å². The molecular weight excluding hydrogens is 376 g/mol. The summed E-state index contributed by atoms with van der Waals surface area (Å²) in [6.45, 7) is 2.87. The van der Waals surface area contributed by atoms with E-state index in [4.69, 9.17) is 16.3 Å². The van der Waals surface area contributed by atoms with Gasteiger partial charge in [0, 0.05) is 24.7 Å². The third-order valence-electron chi connectivity index (χ3n) is 3.99. The molecule has 1 aliphatic rings. The smallest absolute Gasteiger partial charge is 0.321 e. The lowest BCUT2D eigenvalue weighted by Gasteiger charge is -2.13. The number of amides is 3. The van der Waals surface area contributed by atoms with Crippen molar-refractivity contribution in [3.8, 4) is 0 Å². The van der Waals surface area contributed by atoms with E-state index >= 15 is 0 Å². The molecule has 1 unspecified atom stereocenters. The maximum Gasteiger partial charge on any atom is 0.321 e. The van der Waals surface area contributed by atoms with Crippen molar-refractivity contribution >= 4 is 46.3 Å². The largest absolute Gasteiger partial charge is 0.383 e. The molecule has 1 aromatic carbocycles. The van der Waals surface area contributed by atoms with E-state index in [1.165, 1.54) is 11.8 Å². The highest BCUT2D eigenvalue weighted by atomic mass is 35.5. The van der Waals surface area contributed by atoms with Crippen LogP contribution in [-0.4, -0.2) is 46.5 Å². The number of methoxy groups -OCH3 is 1. The lowest BCUT2D eigenvalue weighted by molar-refractivity contribution is -0.119. The Kier molecular flexibility index (Phi) is 6.05. The zero-order chi connectivity index (χ0) is 18.7. The Hall–Kier alpha value is -1.77. The summed E-state index contributed by atoms with van der Waals surface area (Å²) >= 11 is 7.35. The average Bonchev–Trinajstić information content (AvgIpc) is 3.33. The first-order valence-electron chi connectivity index (χ1n) is 8.40. The van der Waals surface area contributed by atoms with E-state index in [0.29, 0.717) is 23.3 Å². The summed E-state index contributed by atoms with van der Waals surface area (Å²) < 4.78 is 7.17. The standard InChI is InChI=1S/C17H21ClN4O3S/c1-10(15(23)21-16(24)19-12-4-5-12)26-17-20-13-9-11(18)3-6-14(13)22(17)7-8-25-2/h3,6,9-10,12H,4-5,7-8H2,1-2H3,(H2,19,21,23,24). The van der Waals surface area contributed by atoms with Crippen molar-refractivity contribution in [1.29, 1.82) is 0 Å². The van der Waals surface area contributed by atoms with Gasteiger partial charge in [0.05, 0.1) is 22.9 Å². The van der Waals surface area contributed by atoms with Crippen LogP contribution in [0.15, 0.2) is 23.4 Å². The molecule has 1 saturated carbocycles. The predicted molar refractivity (Wildman–Crippen MR) is 102 cm³/mol. The van der Waals surface area contributed by atoms with Gasteiger partial charge in [0.2, 0.25) is 5.91 Å². The summed E-state index contributed by atoms with van der Waals surface area (Å²) in [5.41, 5.74) is 1.68. The van der Waals surface area contributed by atoms with Gasteiger partial charge in [-0.15, -0.1) is 0 Å². The summed E-state index contributed by atoms with van der Waals surface area (Å²) in [4.78, 5) is 28.6. The summed E-state index contributed by atoms with van der Waals surface area (Å²) in [5.74, 6) is -0.350. The number of nitrogens with zero attached hydrogens (tertiary/aromatic N) is 2. The first kappa shape index (κ1) is 19.0. The number of benzene rings is 1. The Labute approximate surface area is 160 Å². The molecule has 0 spiro atoms. The molecular formula is C17H21ClN4O3S. The normalized spacial score (nSPS) is 15.0. The van der Waals surface area contributed by atoms with Crippen molar-refractivity contribution in [1.82, 2.24) is 20.2 Å². The first-order valence-corrected chi connectivity index (χ1v) is 9.66. The fourth-order valence-corrected chi connectivity index (χ4v) is 3.56. The molecule has 7 nitrogen and oxygen atoms in total. The monoisotopic (exact) mass is 396 g/mol. The number of thioether (sulfide) groups is 1. The van der Waals surface area contributed by atoms with Crippen molar-refractivity contribution in [2.45, 2.75) is 42.8 Å². The fraction of sp³-hybridized carbons (Fsp3) is 0.471. The molecule has 0 bridgehead atoms. The number of imide groups is 1. The maximum atomic E-state index is 12.3. The van der Waals surface area contributed by atoms with Crippen molar-refractivity contribution in [3.63, 3.8) is 0 Å². The van der Waals surface area contributed by atoms with E-state index in [9.17, 15) is 9.59 Å². The number of aromatic nitrogens is 2. The fourth-order valence-electron chi connectivity index (χ4n) is 2.44. The van der Waals surface area contributed by atoms with Gasteiger partial charge < -0.3 is 14.6 Å². The van der Waals surface area contributed by atoms with Crippen LogP contribution in [0.1, 0.15) is 19.8 Å². The van der Waals surface area contributed by atoms with E-state index in [1.807, 2.05) is 16.7 Å². The lowest BCUT2D eigenvalue weighted by Crippen LogP contribution is -2.43. The minimum atomic E-state index is -0.478. The average molecular weight is 397 g/mol. The number of nitrogens with one attached hydrogen (secondary N) is 2. The lowest BCUT2D eigenvalue weighted by atomic mass is 10.3. The van der Waals surface area contributed by atoms with E-state index in [2.05, 4.69) is 15.6 Å². The highest BCUT2D eigenvalue weighted by Crippen LogP contribution is 2.29. The third-order valence-corrected chi connectivity index (χ3v) is 5.32. The zero-order valence-corrected chi connectivity index (χ0v) is 16.2. The van der Waals surface area contributed by atoms with E-state index in [0.717, 1.165) is 23.9 Å².